The predicted octanol–water partition coefficient (Wildman–Crippen LogP) is 2.32. The molecule has 0 aromatic carbocycles. The zero-order valence-electron chi connectivity index (χ0n) is 16.8. The number of phosphoric acid groups is 1. The number of pyridine rings is 2. The highest BCUT2D eigenvalue weighted by molar-refractivity contribution is 7.44. The number of halogens is 1. The van der Waals surface area contributed by atoms with Crippen molar-refractivity contribution in [2.45, 2.75) is 19.8 Å². The van der Waals surface area contributed by atoms with Gasteiger partial charge in [-0.05, 0) is 17.7 Å². The molecule has 0 fully saturated rings. The summed E-state index contributed by atoms with van der Waals surface area (Å²) in [4.78, 5) is 28.0. The molecule has 0 aliphatic carbocycles. The molecular weight excluding hydrogens is 493 g/mol. The van der Waals surface area contributed by atoms with Crippen molar-refractivity contribution in [2.24, 2.45) is 0 Å². The average molecular weight is 510 g/mol. The number of nitrogens with two attached hydrogens (primary N) is 1. The lowest BCUT2D eigenvalue weighted by molar-refractivity contribution is -0.712. The first kappa shape index (κ1) is 23.3. The molecule has 0 saturated carbocycles. The Morgan fingerprint density at radius 2 is 2.18 bits per heavy atom. The van der Waals surface area contributed by atoms with Crippen LogP contribution in [-0.4, -0.2) is 20.0 Å². The van der Waals surface area contributed by atoms with Gasteiger partial charge in [0.25, 0.3) is 13.6 Å². The number of rotatable bonds is 9. The van der Waals surface area contributed by atoms with E-state index in [9.17, 15) is 9.46 Å². The first-order chi connectivity index (χ1) is 15.8. The fraction of sp³-hybridized carbons (Fsp3) is 0.158. The first-order valence-corrected chi connectivity index (χ1v) is 12.1. The Labute approximate surface area is 196 Å². The SMILES string of the molecule is Nc1c(-c2cc(Cc3ccc(OCc4csc(Cl)n4)nc3)no2)ccc[n+]1COP(=O)([O-])O. The van der Waals surface area contributed by atoms with Crippen LogP contribution in [0, 0.1) is 0 Å². The molecule has 0 aliphatic heterocycles. The van der Waals surface area contributed by atoms with Crippen LogP contribution in [-0.2, 0) is 28.8 Å². The van der Waals surface area contributed by atoms with E-state index in [-0.39, 0.29) is 12.4 Å². The fourth-order valence-corrected chi connectivity index (χ4v) is 3.88. The maximum absolute atomic E-state index is 10.8. The molecule has 4 heterocycles. The summed E-state index contributed by atoms with van der Waals surface area (Å²) in [6.07, 6.45) is 3.64. The van der Waals surface area contributed by atoms with E-state index in [1.165, 1.54) is 22.1 Å². The van der Waals surface area contributed by atoms with Crippen molar-refractivity contribution in [3.8, 4) is 17.2 Å². The second-order valence-electron chi connectivity index (χ2n) is 6.75. The molecule has 0 bridgehead atoms. The summed E-state index contributed by atoms with van der Waals surface area (Å²) in [5.41, 5.74) is 8.83. The summed E-state index contributed by atoms with van der Waals surface area (Å²) in [5.74, 6) is 1.03. The molecule has 1 atom stereocenters. The van der Waals surface area contributed by atoms with Gasteiger partial charge in [-0.15, -0.1) is 11.3 Å². The molecule has 11 nitrogen and oxygen atoms in total. The molecule has 3 N–H and O–H groups in total. The molecule has 1 unspecified atom stereocenters. The van der Waals surface area contributed by atoms with E-state index in [0.29, 0.717) is 33.8 Å². The molecule has 4 aromatic heterocycles. The van der Waals surface area contributed by atoms with E-state index in [1.54, 1.807) is 30.5 Å². The third kappa shape index (κ3) is 6.35. The summed E-state index contributed by atoms with van der Waals surface area (Å²) in [6, 6.07) is 8.65. The van der Waals surface area contributed by atoms with Crippen molar-refractivity contribution >= 4 is 36.6 Å². The third-order valence-corrected chi connectivity index (χ3v) is 5.84. The highest BCUT2D eigenvalue weighted by Gasteiger charge is 2.18. The third-order valence-electron chi connectivity index (χ3n) is 4.37. The molecule has 14 heteroatoms. The van der Waals surface area contributed by atoms with Crippen LogP contribution in [0.4, 0.5) is 5.82 Å². The Hall–Kier alpha value is -2.86. The molecule has 33 heavy (non-hydrogen) atoms. The van der Waals surface area contributed by atoms with Crippen molar-refractivity contribution in [1.29, 1.82) is 0 Å². The van der Waals surface area contributed by atoms with Gasteiger partial charge in [0.05, 0.1) is 17.6 Å². The molecule has 0 saturated heterocycles. The summed E-state index contributed by atoms with van der Waals surface area (Å²) >= 11 is 7.14. The van der Waals surface area contributed by atoms with Crippen LogP contribution in [0.15, 0.2) is 52.6 Å². The van der Waals surface area contributed by atoms with E-state index >= 15 is 0 Å². The second-order valence-corrected chi connectivity index (χ2v) is 9.38. The number of ether oxygens (including phenoxy) is 1. The molecule has 0 spiro atoms. The van der Waals surface area contributed by atoms with Crippen molar-refractivity contribution in [1.82, 2.24) is 15.1 Å². The Morgan fingerprint density at radius 3 is 2.88 bits per heavy atom. The number of thiazole rings is 1. The van der Waals surface area contributed by atoms with Crippen LogP contribution < -0.4 is 19.9 Å². The van der Waals surface area contributed by atoms with Crippen LogP contribution in [0.2, 0.25) is 4.47 Å². The van der Waals surface area contributed by atoms with Gasteiger partial charge >= 0.3 is 0 Å². The minimum absolute atomic E-state index is 0.179. The van der Waals surface area contributed by atoms with E-state index < -0.39 is 14.6 Å². The monoisotopic (exact) mass is 509 g/mol. The maximum Gasteiger partial charge on any atom is 0.285 e. The van der Waals surface area contributed by atoms with Crippen molar-refractivity contribution in [3.05, 3.63) is 69.5 Å². The topological polar surface area (TPSA) is 161 Å². The minimum atomic E-state index is -4.88. The predicted molar refractivity (Wildman–Crippen MR) is 116 cm³/mol. The smallest absolute Gasteiger partial charge is 0.285 e. The van der Waals surface area contributed by atoms with Gasteiger partial charge in [-0.25, -0.2) is 14.5 Å². The number of aromatic nitrogens is 4. The Kier molecular flexibility index (Phi) is 7.03. The van der Waals surface area contributed by atoms with Crippen LogP contribution in [0.25, 0.3) is 11.3 Å². The zero-order chi connectivity index (χ0) is 23.4. The normalized spacial score (nSPS) is 13.1. The van der Waals surface area contributed by atoms with Crippen LogP contribution >= 0.6 is 30.8 Å². The Balaban J connectivity index is 1.40. The van der Waals surface area contributed by atoms with Crippen molar-refractivity contribution in [2.75, 3.05) is 5.73 Å². The van der Waals surface area contributed by atoms with Crippen LogP contribution in [0.1, 0.15) is 17.0 Å². The van der Waals surface area contributed by atoms with Gasteiger partial charge in [-0.3, -0.25) is 14.8 Å². The van der Waals surface area contributed by atoms with Crippen molar-refractivity contribution in [3.63, 3.8) is 0 Å². The molecular formula is C19H17ClN5O6PS. The average Bonchev–Trinajstić information content (AvgIpc) is 3.41. The highest BCUT2D eigenvalue weighted by Crippen LogP contribution is 2.30. The van der Waals surface area contributed by atoms with Crippen molar-refractivity contribution < 1.29 is 32.7 Å². The largest absolute Gasteiger partial charge is 0.756 e. The fourth-order valence-electron chi connectivity index (χ4n) is 2.85. The first-order valence-electron chi connectivity index (χ1n) is 9.37. The van der Waals surface area contributed by atoms with E-state index in [4.69, 9.17) is 31.5 Å². The standard InChI is InChI=1S/C19H17ClN5O6PS/c20-19-23-14(10-33-19)9-29-17-4-3-12(8-22-17)6-13-7-16(31-24-13)15-2-1-5-25(18(15)21)11-30-32(26,27)28/h1-5,7-8,10,21H,6,9,11H2,(H2,26,27,28). The highest BCUT2D eigenvalue weighted by atomic mass is 35.5. The summed E-state index contributed by atoms with van der Waals surface area (Å²) < 4.78 is 28.0. The van der Waals surface area contributed by atoms with E-state index in [0.717, 1.165) is 11.3 Å². The molecule has 4 aromatic rings. The molecule has 0 radical (unpaired) electrons. The number of nitrogens with zero attached hydrogens (tertiary/aromatic N) is 4. The number of phosphoric ester groups is 1. The Morgan fingerprint density at radius 1 is 1.33 bits per heavy atom. The van der Waals surface area contributed by atoms with Gasteiger partial charge in [0.1, 0.15) is 12.2 Å². The summed E-state index contributed by atoms with van der Waals surface area (Å²) in [5, 5.41) is 5.88. The molecule has 0 aliphatic rings. The quantitative estimate of drug-likeness (QED) is 0.253. The lowest BCUT2D eigenvalue weighted by Crippen LogP contribution is -2.38. The number of nitrogen functional groups attached to an aromatic ring is 1. The van der Waals surface area contributed by atoms with Gasteiger partial charge in [0.2, 0.25) is 5.88 Å². The summed E-state index contributed by atoms with van der Waals surface area (Å²) in [6.45, 7) is -0.204. The second kappa shape index (κ2) is 9.96. The van der Waals surface area contributed by atoms with Gasteiger partial charge < -0.3 is 19.0 Å². The lowest BCUT2D eigenvalue weighted by atomic mass is 10.1. The molecule has 4 rings (SSSR count). The summed E-state index contributed by atoms with van der Waals surface area (Å²) in [7, 11) is -4.88. The number of anilines is 1. The van der Waals surface area contributed by atoms with Crippen LogP contribution in [0.5, 0.6) is 5.88 Å². The van der Waals surface area contributed by atoms with Gasteiger partial charge in [-0.2, -0.15) is 0 Å². The van der Waals surface area contributed by atoms with E-state index in [1.807, 2.05) is 11.4 Å². The Bertz CT molecular complexity index is 1290. The zero-order valence-corrected chi connectivity index (χ0v) is 19.3. The molecule has 172 valence electrons. The maximum atomic E-state index is 10.8. The van der Waals surface area contributed by atoms with Gasteiger partial charge in [0.15, 0.2) is 17.0 Å². The number of hydrogen-bond donors (Lipinski definition) is 2. The number of hydrogen-bond acceptors (Lipinski definition) is 10. The van der Waals surface area contributed by atoms with Gasteiger partial charge in [-0.1, -0.05) is 22.8 Å². The van der Waals surface area contributed by atoms with Crippen LogP contribution in [0.3, 0.4) is 0 Å². The minimum Gasteiger partial charge on any atom is -0.756 e. The molecule has 0 amide bonds. The van der Waals surface area contributed by atoms with Gasteiger partial charge in [0, 0.05) is 30.1 Å². The van der Waals surface area contributed by atoms with E-state index in [2.05, 4.69) is 19.6 Å². The lowest BCUT2D eigenvalue weighted by Gasteiger charge is -2.14.